The van der Waals surface area contributed by atoms with Gasteiger partial charge in [-0.05, 0) is 50.1 Å². The van der Waals surface area contributed by atoms with Crippen LogP contribution >= 0.6 is 0 Å². The molecular weight excluding hydrogens is 530 g/mol. The summed E-state index contributed by atoms with van der Waals surface area (Å²) < 4.78 is 15.6. The van der Waals surface area contributed by atoms with Crippen LogP contribution in [0.25, 0.3) is 0 Å². The first-order chi connectivity index (χ1) is 19.4. The Morgan fingerprint density at radius 2 is 1.63 bits per heavy atom. The van der Waals surface area contributed by atoms with Crippen molar-refractivity contribution in [2.24, 2.45) is 5.92 Å². The molecular formula is C30H41N3O8. The summed E-state index contributed by atoms with van der Waals surface area (Å²) in [7, 11) is 4.38. The number of Topliss-reactive ketones (excluding diaryl/α,β-unsaturated/α-hetero) is 2. The summed E-state index contributed by atoms with van der Waals surface area (Å²) in [5.74, 6) is -1.06. The minimum Gasteiger partial charge on any atom is -0.497 e. The summed E-state index contributed by atoms with van der Waals surface area (Å²) in [4.78, 5) is 62.2. The van der Waals surface area contributed by atoms with Gasteiger partial charge in [0.15, 0.2) is 11.6 Å². The van der Waals surface area contributed by atoms with Crippen LogP contribution in [-0.2, 0) is 35.1 Å². The molecule has 0 fully saturated rings. The van der Waals surface area contributed by atoms with Crippen molar-refractivity contribution in [2.45, 2.75) is 46.6 Å². The second-order valence-corrected chi connectivity index (χ2v) is 9.46. The van der Waals surface area contributed by atoms with Crippen molar-refractivity contribution in [3.8, 4) is 5.75 Å². The van der Waals surface area contributed by atoms with Gasteiger partial charge in [-0.25, -0.2) is 0 Å². The number of carbonyl (C=O) groups is 5. The molecule has 0 bridgehead atoms. The number of benzene rings is 1. The zero-order valence-corrected chi connectivity index (χ0v) is 24.8. The molecule has 11 nitrogen and oxygen atoms in total. The summed E-state index contributed by atoms with van der Waals surface area (Å²) in [5, 5.41) is 7.74. The van der Waals surface area contributed by atoms with E-state index >= 15 is 0 Å². The number of allylic oxidation sites excluding steroid dienone is 3. The average molecular weight is 572 g/mol. The first-order valence-corrected chi connectivity index (χ1v) is 13.0. The van der Waals surface area contributed by atoms with Crippen LogP contribution in [0.4, 0.5) is 0 Å². The molecule has 224 valence electrons. The smallest absolute Gasteiger partial charge is 0.243 e. The van der Waals surface area contributed by atoms with Crippen LogP contribution in [0.5, 0.6) is 5.75 Å². The average Bonchev–Trinajstić information content (AvgIpc) is 2.93. The number of nitrogens with one attached hydrogen (secondary N) is 3. The topological polar surface area (TPSA) is 149 Å². The lowest BCUT2D eigenvalue weighted by Crippen LogP contribution is -2.51. The Labute approximate surface area is 241 Å². The predicted octanol–water partition coefficient (Wildman–Crippen LogP) is 2.41. The Hall–Kier alpha value is -4.41. The molecule has 1 aromatic rings. The van der Waals surface area contributed by atoms with Gasteiger partial charge in [-0.3, -0.25) is 24.0 Å². The monoisotopic (exact) mass is 571 g/mol. The molecule has 0 aliphatic rings. The number of hydrogen-bond acceptors (Lipinski definition) is 8. The number of carbonyl (C=O) groups excluding carboxylic acids is 5. The van der Waals surface area contributed by atoms with Crippen LogP contribution in [0.15, 0.2) is 54.0 Å². The Bertz CT molecular complexity index is 1200. The van der Waals surface area contributed by atoms with Gasteiger partial charge >= 0.3 is 0 Å². The molecule has 1 rings (SSSR count). The maximum atomic E-state index is 12.8. The minimum absolute atomic E-state index is 0.0862. The highest BCUT2D eigenvalue weighted by Gasteiger charge is 2.25. The fourth-order valence-corrected chi connectivity index (χ4v) is 3.76. The molecule has 11 heteroatoms. The maximum absolute atomic E-state index is 12.8. The van der Waals surface area contributed by atoms with E-state index in [-0.39, 0.29) is 37.6 Å². The van der Waals surface area contributed by atoms with Gasteiger partial charge in [0.1, 0.15) is 23.3 Å². The molecule has 1 aromatic carbocycles. The van der Waals surface area contributed by atoms with E-state index in [0.29, 0.717) is 34.0 Å². The molecule has 0 radical (unpaired) electrons. The number of ether oxygens (including phenoxy) is 3. The van der Waals surface area contributed by atoms with Crippen LogP contribution in [0, 0.1) is 5.92 Å². The van der Waals surface area contributed by atoms with E-state index in [2.05, 4.69) is 22.5 Å². The molecule has 0 aliphatic carbocycles. The van der Waals surface area contributed by atoms with Crippen molar-refractivity contribution in [1.29, 1.82) is 0 Å². The van der Waals surface area contributed by atoms with Gasteiger partial charge in [-0.2, -0.15) is 0 Å². The van der Waals surface area contributed by atoms with Gasteiger partial charge in [-0.1, -0.05) is 20.4 Å². The molecule has 3 amide bonds. The van der Waals surface area contributed by atoms with Crippen molar-refractivity contribution in [1.82, 2.24) is 16.0 Å². The number of rotatable bonds is 17. The third-order valence-electron chi connectivity index (χ3n) is 5.99. The molecule has 41 heavy (non-hydrogen) atoms. The van der Waals surface area contributed by atoms with Gasteiger partial charge in [0, 0.05) is 16.7 Å². The Kier molecular flexibility index (Phi) is 14.6. The quantitative estimate of drug-likeness (QED) is 0.147. The zero-order chi connectivity index (χ0) is 31.1. The summed E-state index contributed by atoms with van der Waals surface area (Å²) in [6, 6.07) is 3.89. The Morgan fingerprint density at radius 3 is 2.17 bits per heavy atom. The third-order valence-corrected chi connectivity index (χ3v) is 5.99. The van der Waals surface area contributed by atoms with E-state index in [9.17, 15) is 24.0 Å². The molecule has 0 aromatic heterocycles. The summed E-state index contributed by atoms with van der Waals surface area (Å²) in [5.41, 5.74) is 1.45. The second kappa shape index (κ2) is 17.3. The van der Waals surface area contributed by atoms with Crippen molar-refractivity contribution in [3.05, 3.63) is 65.1 Å². The minimum atomic E-state index is -0.915. The van der Waals surface area contributed by atoms with E-state index in [0.717, 1.165) is 0 Å². The van der Waals surface area contributed by atoms with Crippen LogP contribution in [0.2, 0.25) is 0 Å². The van der Waals surface area contributed by atoms with Crippen LogP contribution in [0.3, 0.4) is 0 Å². The van der Waals surface area contributed by atoms with E-state index in [1.807, 2.05) is 0 Å². The largest absolute Gasteiger partial charge is 0.497 e. The predicted molar refractivity (Wildman–Crippen MR) is 154 cm³/mol. The normalized spacial score (nSPS) is 12.2. The number of amides is 3. The Morgan fingerprint density at radius 1 is 0.976 bits per heavy atom. The molecule has 0 aliphatic heterocycles. The number of methoxy groups -OCH3 is 3. The third kappa shape index (κ3) is 11.7. The fraction of sp³-hybridized carbons (Fsp3) is 0.433. The van der Waals surface area contributed by atoms with E-state index < -0.39 is 29.5 Å². The van der Waals surface area contributed by atoms with Crippen molar-refractivity contribution in [3.63, 3.8) is 0 Å². The highest BCUT2D eigenvalue weighted by atomic mass is 16.5. The first kappa shape index (κ1) is 34.6. The second-order valence-electron chi connectivity index (χ2n) is 9.46. The Balaban J connectivity index is 2.72. The maximum Gasteiger partial charge on any atom is 0.243 e. The summed E-state index contributed by atoms with van der Waals surface area (Å²) in [6.45, 7) is 9.76. The standard InChI is InChI=1S/C30H41N3O8/c1-9-25(40-7)22(12-19(4)39-6)14-27(36)31-16-24(35)17-32-30(38)29(18(2)3)33-28(37)15-23-13-21(20(5)34)10-11-26(23)41-8/h9-13,18,29H,4,14-17H2,1-3,5-8H3,(H,31,36)(H,32,38)(H,33,37)/b22-12-,25-9+. The molecule has 1 atom stereocenters. The number of hydrogen-bond donors (Lipinski definition) is 3. The molecule has 0 saturated heterocycles. The van der Waals surface area contributed by atoms with E-state index in [4.69, 9.17) is 14.2 Å². The zero-order valence-electron chi connectivity index (χ0n) is 24.8. The van der Waals surface area contributed by atoms with Gasteiger partial charge in [0.2, 0.25) is 17.7 Å². The lowest BCUT2D eigenvalue weighted by molar-refractivity contribution is -0.131. The van der Waals surface area contributed by atoms with Crippen molar-refractivity contribution in [2.75, 3.05) is 34.4 Å². The van der Waals surface area contributed by atoms with Crippen LogP contribution in [-0.4, -0.2) is 69.7 Å². The molecule has 1 unspecified atom stereocenters. The highest BCUT2D eigenvalue weighted by Crippen LogP contribution is 2.21. The SMILES string of the molecule is C=C(/C=C(CC(=O)NCC(=O)CNC(=O)C(NC(=O)Cc1cc(C(C)=O)ccc1OC)C(C)C)\C(=C/C)OC)OC. The van der Waals surface area contributed by atoms with Gasteiger partial charge in [0.25, 0.3) is 0 Å². The molecule has 0 saturated carbocycles. The lowest BCUT2D eigenvalue weighted by Gasteiger charge is -2.22. The highest BCUT2D eigenvalue weighted by molar-refractivity contribution is 5.95. The van der Waals surface area contributed by atoms with E-state index in [1.54, 1.807) is 51.1 Å². The molecule has 0 heterocycles. The van der Waals surface area contributed by atoms with Gasteiger partial charge in [-0.15, -0.1) is 0 Å². The first-order valence-electron chi connectivity index (χ1n) is 13.0. The van der Waals surface area contributed by atoms with Crippen molar-refractivity contribution >= 4 is 29.3 Å². The molecule has 0 spiro atoms. The number of ketones is 2. The molecule has 3 N–H and O–H groups in total. The van der Waals surface area contributed by atoms with Gasteiger partial charge in [0.05, 0.1) is 47.3 Å². The fourth-order valence-electron chi connectivity index (χ4n) is 3.76. The van der Waals surface area contributed by atoms with Gasteiger partial charge < -0.3 is 30.2 Å². The summed E-state index contributed by atoms with van der Waals surface area (Å²) >= 11 is 0. The van der Waals surface area contributed by atoms with E-state index in [1.165, 1.54) is 28.3 Å². The van der Waals surface area contributed by atoms with Crippen LogP contribution < -0.4 is 20.7 Å². The summed E-state index contributed by atoms with van der Waals surface area (Å²) in [6.07, 6.45) is 3.05. The lowest BCUT2D eigenvalue weighted by atomic mass is 10.0. The van der Waals surface area contributed by atoms with Crippen molar-refractivity contribution < 1.29 is 38.2 Å². The van der Waals surface area contributed by atoms with Crippen LogP contribution in [0.1, 0.15) is 50.0 Å².